The molecule has 0 amide bonds. The number of hydrogen-bond donors (Lipinski definition) is 0. The number of thioether (sulfide) groups is 1. The van der Waals surface area contributed by atoms with Crippen molar-refractivity contribution >= 4 is 50.4 Å². The zero-order valence-electron chi connectivity index (χ0n) is 34.9. The molecule has 2 aliphatic heterocycles. The van der Waals surface area contributed by atoms with E-state index in [2.05, 4.69) is 250 Å². The lowest BCUT2D eigenvalue weighted by Gasteiger charge is -2.29. The van der Waals surface area contributed by atoms with Crippen molar-refractivity contribution in [2.75, 3.05) is 19.0 Å². The summed E-state index contributed by atoms with van der Waals surface area (Å²) in [5, 5.41) is 5.21. The summed E-state index contributed by atoms with van der Waals surface area (Å²) < 4.78 is 2.40. The molecule has 2 unspecified atom stereocenters. The second kappa shape index (κ2) is 16.7. The van der Waals surface area contributed by atoms with Crippen LogP contribution in [0.25, 0.3) is 21.5 Å². The van der Waals surface area contributed by atoms with Gasteiger partial charge in [-0.3, -0.25) is 0 Å². The van der Waals surface area contributed by atoms with Gasteiger partial charge in [0.05, 0.1) is 5.41 Å². The summed E-state index contributed by atoms with van der Waals surface area (Å²) in [7, 11) is 4.44. The summed E-state index contributed by atoms with van der Waals surface area (Å²) in [6.07, 6.45) is 19.8. The number of allylic oxidation sites excluding steroid dienone is 9. The third-order valence-electron chi connectivity index (χ3n) is 12.5. The van der Waals surface area contributed by atoms with E-state index in [1.54, 1.807) is 11.8 Å². The summed E-state index contributed by atoms with van der Waals surface area (Å²) in [6.45, 7) is 4.84. The fourth-order valence-corrected chi connectivity index (χ4v) is 10.7. The topological polar surface area (TPSA) is 6.25 Å². The van der Waals surface area contributed by atoms with Crippen LogP contribution in [-0.4, -0.2) is 24.4 Å². The zero-order valence-corrected chi connectivity index (χ0v) is 35.7. The van der Waals surface area contributed by atoms with Gasteiger partial charge in [-0.25, -0.2) is 0 Å². The fourth-order valence-electron chi connectivity index (χ4n) is 9.79. The van der Waals surface area contributed by atoms with E-state index < -0.39 is 0 Å². The molecule has 7 aromatic carbocycles. The van der Waals surface area contributed by atoms with E-state index >= 15 is 0 Å². The zero-order chi connectivity index (χ0) is 41.1. The van der Waals surface area contributed by atoms with Crippen molar-refractivity contribution in [1.82, 2.24) is 0 Å². The van der Waals surface area contributed by atoms with E-state index in [4.69, 9.17) is 0 Å². The van der Waals surface area contributed by atoms with Gasteiger partial charge in [0.2, 0.25) is 5.69 Å². The van der Waals surface area contributed by atoms with E-state index in [0.29, 0.717) is 0 Å². The highest BCUT2D eigenvalue weighted by atomic mass is 32.2. The number of benzene rings is 7. The second-order valence-corrected chi connectivity index (χ2v) is 17.6. The predicted octanol–water partition coefficient (Wildman–Crippen LogP) is 14.1. The molecule has 3 heteroatoms. The molecule has 2 nitrogen and oxygen atoms in total. The highest BCUT2D eigenvalue weighted by molar-refractivity contribution is 8.03. The van der Waals surface area contributed by atoms with Crippen LogP contribution < -0.4 is 4.90 Å². The molecule has 60 heavy (non-hydrogen) atoms. The minimum atomic E-state index is -0.210. The average molecular weight is 796 g/mol. The van der Waals surface area contributed by atoms with Crippen LogP contribution in [0.4, 0.5) is 11.4 Å². The van der Waals surface area contributed by atoms with Crippen molar-refractivity contribution in [3.05, 3.63) is 245 Å². The Morgan fingerprint density at radius 3 is 1.82 bits per heavy atom. The lowest BCUT2D eigenvalue weighted by Crippen LogP contribution is -2.33. The Labute approximate surface area is 359 Å². The normalized spacial score (nSPS) is 19.8. The number of anilines is 1. The third-order valence-corrected chi connectivity index (χ3v) is 13.5. The molecule has 0 spiro atoms. The van der Waals surface area contributed by atoms with Crippen LogP contribution in [0.1, 0.15) is 36.1 Å². The van der Waals surface area contributed by atoms with Crippen molar-refractivity contribution in [3.8, 4) is 0 Å². The van der Waals surface area contributed by atoms with Crippen LogP contribution in [0.2, 0.25) is 0 Å². The molecular weight excluding hydrogens is 745 g/mol. The van der Waals surface area contributed by atoms with E-state index in [9.17, 15) is 0 Å². The summed E-state index contributed by atoms with van der Waals surface area (Å²) in [6, 6.07) is 59.2. The van der Waals surface area contributed by atoms with Crippen LogP contribution >= 0.6 is 11.8 Å². The number of fused-ring (bicyclic) bond motifs is 6. The van der Waals surface area contributed by atoms with Crippen molar-refractivity contribution in [3.63, 3.8) is 0 Å². The summed E-state index contributed by atoms with van der Waals surface area (Å²) in [5.74, 6) is 0. The summed E-state index contributed by atoms with van der Waals surface area (Å²) >= 11 is 1.78. The molecule has 0 aromatic heterocycles. The Hall–Kier alpha value is -6.42. The molecule has 0 fully saturated rings. The molecule has 0 radical (unpaired) electrons. The van der Waals surface area contributed by atoms with Gasteiger partial charge in [-0.15, -0.1) is 0 Å². The van der Waals surface area contributed by atoms with Crippen LogP contribution in [0.5, 0.6) is 0 Å². The smallest absolute Gasteiger partial charge is 0.210 e. The fraction of sp³-hybridized carbons (Fsp3) is 0.140. The molecule has 0 saturated carbocycles. The van der Waals surface area contributed by atoms with Gasteiger partial charge in [-0.05, 0) is 107 Å². The van der Waals surface area contributed by atoms with Gasteiger partial charge in [0.25, 0.3) is 0 Å². The van der Waals surface area contributed by atoms with Crippen molar-refractivity contribution in [1.29, 1.82) is 0 Å². The standard InChI is InChI=1S/C57H51N2S/c1-56(40-42-22-8-5-9-23-42)52(58(3)50-38-36-44-26-14-18-32-48(44)54(50)56)34-20-16-30-47(60-46-28-12-7-13-29-46)31-17-21-35-53-57(2,41-43-24-10-6-11-25-43)55-49-33-19-15-27-45(49)37-39-51(55)59(53)4/h5-39H,40-41H2,1-4H3/q+1. The molecular formula is C57H51N2S+. The maximum atomic E-state index is 2.42. The molecule has 2 heterocycles. The Morgan fingerprint density at radius 2 is 1.15 bits per heavy atom. The Bertz CT molecular complexity index is 2880. The SMILES string of the molecule is CN1/C(=C/C=C/C=C(/C=C/C=C/C2=[N+](C)c3ccc4ccccc4c3C2(C)Cc2ccccc2)Sc2ccccc2)C(C)(Cc2ccccc2)c2c1ccc1ccccc21. The first-order valence-electron chi connectivity index (χ1n) is 21.0. The summed E-state index contributed by atoms with van der Waals surface area (Å²) in [5.41, 5.74) is 10.2. The van der Waals surface area contributed by atoms with Crippen LogP contribution in [0, 0.1) is 0 Å². The number of nitrogens with zero attached hydrogens (tertiary/aromatic N) is 2. The molecule has 0 bridgehead atoms. The van der Waals surface area contributed by atoms with E-state index in [1.165, 1.54) is 71.5 Å². The second-order valence-electron chi connectivity index (χ2n) is 16.5. The average Bonchev–Trinajstić information content (AvgIpc) is 3.62. The number of hydrogen-bond acceptors (Lipinski definition) is 2. The maximum absolute atomic E-state index is 2.42. The van der Waals surface area contributed by atoms with E-state index in [-0.39, 0.29) is 10.8 Å². The van der Waals surface area contributed by atoms with Gasteiger partial charge >= 0.3 is 0 Å². The Balaban J connectivity index is 1.04. The Kier molecular flexibility index (Phi) is 10.9. The third kappa shape index (κ3) is 7.40. The monoisotopic (exact) mass is 795 g/mol. The molecule has 0 N–H and O–H groups in total. The predicted molar refractivity (Wildman–Crippen MR) is 258 cm³/mol. The largest absolute Gasteiger partial charge is 0.347 e. The van der Waals surface area contributed by atoms with Gasteiger partial charge in [0.1, 0.15) is 7.05 Å². The minimum absolute atomic E-state index is 0.210. The molecule has 2 aliphatic rings. The van der Waals surface area contributed by atoms with Crippen molar-refractivity contribution in [2.45, 2.75) is 42.4 Å². The van der Waals surface area contributed by atoms with E-state index in [1.807, 2.05) is 0 Å². The number of likely N-dealkylation sites (N-methyl/N-ethyl adjacent to an activating group) is 1. The van der Waals surface area contributed by atoms with Gasteiger partial charge < -0.3 is 4.90 Å². The lowest BCUT2D eigenvalue weighted by molar-refractivity contribution is -0.401. The highest BCUT2D eigenvalue weighted by Crippen LogP contribution is 2.52. The van der Waals surface area contributed by atoms with Crippen molar-refractivity contribution in [2.24, 2.45) is 0 Å². The first-order valence-corrected chi connectivity index (χ1v) is 21.8. The molecule has 0 saturated heterocycles. The first kappa shape index (κ1) is 39.1. The molecule has 0 aliphatic carbocycles. The van der Waals surface area contributed by atoms with Gasteiger partial charge in [-0.2, -0.15) is 4.58 Å². The highest BCUT2D eigenvalue weighted by Gasteiger charge is 2.48. The Morgan fingerprint density at radius 1 is 0.583 bits per heavy atom. The number of rotatable bonds is 11. The quantitative estimate of drug-likeness (QED) is 0.0731. The molecule has 294 valence electrons. The summed E-state index contributed by atoms with van der Waals surface area (Å²) in [4.78, 5) is 4.76. The van der Waals surface area contributed by atoms with Crippen molar-refractivity contribution < 1.29 is 4.58 Å². The molecule has 9 rings (SSSR count). The van der Waals surface area contributed by atoms with Crippen LogP contribution in [0.15, 0.2) is 228 Å². The maximum Gasteiger partial charge on any atom is 0.210 e. The lowest BCUT2D eigenvalue weighted by atomic mass is 9.73. The minimum Gasteiger partial charge on any atom is -0.347 e. The van der Waals surface area contributed by atoms with E-state index in [0.717, 1.165) is 17.7 Å². The molecule has 2 atom stereocenters. The molecule has 7 aromatic rings. The van der Waals surface area contributed by atoms with Gasteiger partial charge in [0.15, 0.2) is 5.71 Å². The first-order chi connectivity index (χ1) is 29.3. The van der Waals surface area contributed by atoms with Gasteiger partial charge in [-0.1, -0.05) is 170 Å². The van der Waals surface area contributed by atoms with Crippen LogP contribution in [-0.2, 0) is 23.7 Å². The van der Waals surface area contributed by atoms with Gasteiger partial charge in [0, 0.05) is 51.4 Å². The van der Waals surface area contributed by atoms with Crippen LogP contribution in [0.3, 0.4) is 0 Å².